The number of carbonyl (C=O) groups excluding carboxylic acids is 1. The van der Waals surface area contributed by atoms with E-state index in [9.17, 15) is 4.79 Å². The number of carbonyl (C=O) groups is 1. The molecule has 0 atom stereocenters. The highest BCUT2D eigenvalue weighted by Gasteiger charge is 2.33. The molecule has 2 aliphatic heterocycles. The molecule has 3 rings (SSSR count). The predicted octanol–water partition coefficient (Wildman–Crippen LogP) is 2.10. The van der Waals surface area contributed by atoms with E-state index in [1.54, 1.807) is 37.2 Å². The summed E-state index contributed by atoms with van der Waals surface area (Å²) in [5, 5.41) is 0.946. The summed E-state index contributed by atoms with van der Waals surface area (Å²) in [6.07, 6.45) is 1.70. The summed E-state index contributed by atoms with van der Waals surface area (Å²) in [7, 11) is 3.39. The van der Waals surface area contributed by atoms with Crippen LogP contribution in [-0.2, 0) is 4.79 Å². The Morgan fingerprint density at radius 2 is 1.90 bits per heavy atom. The van der Waals surface area contributed by atoms with Crippen LogP contribution in [0.2, 0.25) is 5.02 Å². The van der Waals surface area contributed by atoms with Crippen molar-refractivity contribution in [2.75, 3.05) is 20.9 Å². The van der Waals surface area contributed by atoms with Crippen molar-refractivity contribution in [2.45, 2.75) is 0 Å². The molecule has 1 aromatic carbocycles. The van der Waals surface area contributed by atoms with Gasteiger partial charge >= 0.3 is 0 Å². The van der Waals surface area contributed by atoms with Gasteiger partial charge in [0.2, 0.25) is 6.79 Å². The van der Waals surface area contributed by atoms with Crippen LogP contribution in [0.25, 0.3) is 6.08 Å². The average molecular weight is 311 g/mol. The number of halogens is 1. The second-order valence-corrected chi connectivity index (χ2v) is 5.23. The molecule has 0 bridgehead atoms. The summed E-state index contributed by atoms with van der Waals surface area (Å²) >= 11 is 11.4. The van der Waals surface area contributed by atoms with Crippen molar-refractivity contribution < 1.29 is 14.3 Å². The lowest BCUT2D eigenvalue weighted by Crippen LogP contribution is -2.26. The molecule has 5 nitrogen and oxygen atoms in total. The van der Waals surface area contributed by atoms with Gasteiger partial charge in [0.1, 0.15) is 5.70 Å². The first-order valence-corrected chi connectivity index (χ1v) is 6.64. The zero-order valence-corrected chi connectivity index (χ0v) is 12.4. The molecule has 2 aliphatic rings. The van der Waals surface area contributed by atoms with E-state index in [-0.39, 0.29) is 12.7 Å². The third-order valence-electron chi connectivity index (χ3n) is 3.24. The Hall–Kier alpha value is -1.79. The maximum absolute atomic E-state index is 12.1. The smallest absolute Gasteiger partial charge is 0.276 e. The fraction of sp³-hybridized carbons (Fsp3) is 0.231. The molecule has 1 aromatic rings. The van der Waals surface area contributed by atoms with Gasteiger partial charge in [-0.15, -0.1) is 0 Å². The first-order chi connectivity index (χ1) is 9.49. The molecule has 0 N–H and O–H groups in total. The molecule has 0 saturated carbocycles. The molecule has 1 amide bonds. The summed E-state index contributed by atoms with van der Waals surface area (Å²) in [5.74, 6) is 1.06. The molecular weight excluding hydrogens is 300 g/mol. The van der Waals surface area contributed by atoms with Gasteiger partial charge in [-0.25, -0.2) is 0 Å². The molecule has 1 saturated heterocycles. The normalized spacial score (nSPS) is 19.4. The van der Waals surface area contributed by atoms with E-state index < -0.39 is 0 Å². The molecule has 20 heavy (non-hydrogen) atoms. The molecule has 0 radical (unpaired) electrons. The zero-order chi connectivity index (χ0) is 14.4. The molecular formula is C13H11ClN2O3S. The Balaban J connectivity index is 2.05. The van der Waals surface area contributed by atoms with Crippen LogP contribution in [0.5, 0.6) is 11.5 Å². The number of hydrogen-bond acceptors (Lipinski definition) is 4. The van der Waals surface area contributed by atoms with E-state index in [2.05, 4.69) is 0 Å². The van der Waals surface area contributed by atoms with Crippen molar-refractivity contribution in [2.24, 2.45) is 0 Å². The van der Waals surface area contributed by atoms with Gasteiger partial charge < -0.3 is 14.4 Å². The number of hydrogen-bond donors (Lipinski definition) is 0. The van der Waals surface area contributed by atoms with Crippen molar-refractivity contribution in [3.05, 3.63) is 28.4 Å². The Kier molecular flexibility index (Phi) is 3.07. The Morgan fingerprint density at radius 3 is 2.50 bits per heavy atom. The lowest BCUT2D eigenvalue weighted by atomic mass is 10.1. The quantitative estimate of drug-likeness (QED) is 0.587. The maximum atomic E-state index is 12.1. The van der Waals surface area contributed by atoms with Crippen LogP contribution in [0.4, 0.5) is 0 Å². The SMILES string of the molecule is CN1C(=O)/C(=C/c2cc3c(cc2Cl)OCO3)N(C)C1=S. The Labute approximate surface area is 126 Å². The van der Waals surface area contributed by atoms with Gasteiger partial charge in [0.15, 0.2) is 16.6 Å². The average Bonchev–Trinajstić information content (AvgIpc) is 2.94. The number of thiocarbonyl (C=S) groups is 1. The highest BCUT2D eigenvalue weighted by molar-refractivity contribution is 7.80. The number of benzene rings is 1. The summed E-state index contributed by atoms with van der Waals surface area (Å²) in [4.78, 5) is 15.2. The molecule has 7 heteroatoms. The third kappa shape index (κ3) is 1.92. The summed E-state index contributed by atoms with van der Waals surface area (Å²) in [6, 6.07) is 3.43. The second-order valence-electron chi connectivity index (χ2n) is 4.46. The van der Waals surface area contributed by atoms with Crippen molar-refractivity contribution >= 4 is 40.9 Å². The lowest BCUT2D eigenvalue weighted by Gasteiger charge is -2.11. The van der Waals surface area contributed by atoms with Gasteiger partial charge in [-0.1, -0.05) is 11.6 Å². The minimum atomic E-state index is -0.161. The second kappa shape index (κ2) is 4.64. The monoisotopic (exact) mass is 310 g/mol. The van der Waals surface area contributed by atoms with Crippen LogP contribution in [0.3, 0.4) is 0 Å². The Bertz CT molecular complexity index is 659. The number of fused-ring (bicyclic) bond motifs is 1. The number of likely N-dealkylation sites (N-methyl/N-ethyl adjacent to an activating group) is 2. The largest absolute Gasteiger partial charge is 0.454 e. The number of rotatable bonds is 1. The standard InChI is InChI=1S/C13H11ClN2O3S/c1-15-9(12(17)16(2)13(15)20)3-7-4-10-11(5-8(7)14)19-6-18-10/h3-5H,6H2,1-2H3/b9-3-. The minimum absolute atomic E-state index is 0.161. The van der Waals surface area contributed by atoms with Gasteiger partial charge in [-0.2, -0.15) is 0 Å². The van der Waals surface area contributed by atoms with E-state index in [1.165, 1.54) is 4.90 Å². The van der Waals surface area contributed by atoms with Crippen molar-refractivity contribution in [3.8, 4) is 11.5 Å². The molecule has 0 unspecified atom stereocenters. The van der Waals surface area contributed by atoms with Crippen molar-refractivity contribution in [1.29, 1.82) is 0 Å². The van der Waals surface area contributed by atoms with E-state index >= 15 is 0 Å². The van der Waals surface area contributed by atoms with E-state index in [1.807, 2.05) is 0 Å². The third-order valence-corrected chi connectivity index (χ3v) is 4.12. The van der Waals surface area contributed by atoms with Gasteiger partial charge in [0.25, 0.3) is 5.91 Å². The highest BCUT2D eigenvalue weighted by atomic mass is 35.5. The molecule has 0 aromatic heterocycles. The number of amides is 1. The van der Waals surface area contributed by atoms with Crippen LogP contribution >= 0.6 is 23.8 Å². The topological polar surface area (TPSA) is 42.0 Å². The van der Waals surface area contributed by atoms with Crippen molar-refractivity contribution in [1.82, 2.24) is 9.80 Å². The highest BCUT2D eigenvalue weighted by Crippen LogP contribution is 2.38. The lowest BCUT2D eigenvalue weighted by molar-refractivity contribution is -0.121. The van der Waals surface area contributed by atoms with Crippen molar-refractivity contribution in [3.63, 3.8) is 0 Å². The fourth-order valence-corrected chi connectivity index (χ4v) is 2.47. The van der Waals surface area contributed by atoms with Crippen LogP contribution in [0.15, 0.2) is 17.8 Å². The summed E-state index contributed by atoms with van der Waals surface area (Å²) in [6.45, 7) is 0.178. The molecule has 0 spiro atoms. The number of nitrogens with zero attached hydrogens (tertiary/aromatic N) is 2. The van der Waals surface area contributed by atoms with E-state index in [4.69, 9.17) is 33.3 Å². The molecule has 0 aliphatic carbocycles. The molecule has 2 heterocycles. The molecule has 1 fully saturated rings. The van der Waals surface area contributed by atoms with Crippen LogP contribution in [0, 0.1) is 0 Å². The molecule has 104 valence electrons. The van der Waals surface area contributed by atoms with E-state index in [0.29, 0.717) is 32.9 Å². The summed E-state index contributed by atoms with van der Waals surface area (Å²) < 4.78 is 10.6. The summed E-state index contributed by atoms with van der Waals surface area (Å²) in [5.41, 5.74) is 1.16. The first kappa shape index (κ1) is 13.2. The minimum Gasteiger partial charge on any atom is -0.454 e. The fourth-order valence-electron chi connectivity index (χ4n) is 2.08. The van der Waals surface area contributed by atoms with Gasteiger partial charge in [0, 0.05) is 20.2 Å². The first-order valence-electron chi connectivity index (χ1n) is 5.85. The van der Waals surface area contributed by atoms with Crippen LogP contribution in [-0.4, -0.2) is 41.7 Å². The van der Waals surface area contributed by atoms with E-state index in [0.717, 1.165) is 0 Å². The Morgan fingerprint density at radius 1 is 1.25 bits per heavy atom. The number of ether oxygens (including phenoxy) is 2. The van der Waals surface area contributed by atoms with Crippen LogP contribution < -0.4 is 9.47 Å². The zero-order valence-electron chi connectivity index (χ0n) is 10.8. The maximum Gasteiger partial charge on any atom is 0.276 e. The van der Waals surface area contributed by atoms with Crippen LogP contribution in [0.1, 0.15) is 5.56 Å². The predicted molar refractivity (Wildman–Crippen MR) is 78.7 cm³/mol. The van der Waals surface area contributed by atoms with Gasteiger partial charge in [-0.3, -0.25) is 9.69 Å². The van der Waals surface area contributed by atoms with Gasteiger partial charge in [0.05, 0.1) is 5.02 Å². The van der Waals surface area contributed by atoms with Gasteiger partial charge in [-0.05, 0) is 29.9 Å².